The van der Waals surface area contributed by atoms with E-state index in [9.17, 15) is 13.7 Å². The minimum absolute atomic E-state index is 0.0528. The molecule has 1 fully saturated rings. The third kappa shape index (κ3) is 6.57. The maximum atomic E-state index is 15.2. The zero-order valence-corrected chi connectivity index (χ0v) is 25.8. The quantitative estimate of drug-likeness (QED) is 0.266. The summed E-state index contributed by atoms with van der Waals surface area (Å²) in [6.45, 7) is 5.34. The number of nitriles is 1. The number of ether oxygens (including phenoxy) is 1. The number of rotatable bonds is 9. The topological polar surface area (TPSA) is 148 Å². The molecule has 0 amide bonds. The molecule has 0 unspecified atom stereocenters. The number of nitrogens with zero attached hydrogens (tertiary/aromatic N) is 5. The van der Waals surface area contributed by atoms with Crippen LogP contribution in [0, 0.1) is 28.9 Å². The van der Waals surface area contributed by atoms with Crippen molar-refractivity contribution in [2.45, 2.75) is 57.1 Å². The maximum Gasteiger partial charge on any atom is 0.229 e. The largest absolute Gasteiger partial charge is 0.375 e. The van der Waals surface area contributed by atoms with E-state index in [0.717, 1.165) is 12.0 Å². The van der Waals surface area contributed by atoms with E-state index in [4.69, 9.17) is 10.5 Å². The van der Waals surface area contributed by atoms with E-state index in [0.29, 0.717) is 23.6 Å². The summed E-state index contributed by atoms with van der Waals surface area (Å²) < 4.78 is 60.9. The molecule has 13 heteroatoms. The first kappa shape index (κ1) is 31.4. The Kier molecular flexibility index (Phi) is 8.71. The van der Waals surface area contributed by atoms with E-state index in [1.807, 2.05) is 13.0 Å². The number of pyridine rings is 1. The number of anilines is 2. The minimum atomic E-state index is -3.13. The van der Waals surface area contributed by atoms with Crippen LogP contribution in [0.2, 0.25) is 0 Å². The first-order chi connectivity index (χ1) is 20.8. The molecule has 1 saturated carbocycles. The molecule has 10 nitrogen and oxygen atoms in total. The first-order valence-corrected chi connectivity index (χ1v) is 16.3. The number of hydrogen-bond acceptors (Lipinski definition) is 9. The molecule has 4 aromatic rings. The van der Waals surface area contributed by atoms with Crippen LogP contribution in [-0.4, -0.2) is 58.8 Å². The van der Waals surface area contributed by atoms with Gasteiger partial charge in [-0.05, 0) is 80.0 Å². The molecule has 0 saturated heterocycles. The Bertz CT molecular complexity index is 1800. The van der Waals surface area contributed by atoms with E-state index in [2.05, 4.69) is 26.5 Å². The Morgan fingerprint density at radius 1 is 1.18 bits per heavy atom. The molecule has 232 valence electrons. The lowest BCUT2D eigenvalue weighted by Crippen LogP contribution is -2.47. The molecule has 3 N–H and O–H groups in total. The summed E-state index contributed by atoms with van der Waals surface area (Å²) in [4.78, 5) is 8.74. The lowest BCUT2D eigenvalue weighted by Gasteiger charge is -2.39. The van der Waals surface area contributed by atoms with Crippen molar-refractivity contribution in [2.75, 3.05) is 23.9 Å². The lowest BCUT2D eigenvalue weighted by atomic mass is 9.74. The standard InChI is InChI=1S/C31H35F2N7O3S/c1-18-11-19(12-25(35)29(18)43-9-10-44(4,41)42)22-7-8-36-16-27(22)38-30-37-15-21-5-6-26(39-40(21)30)28-23(32)13-20(14-24(28)33)31(2,3)17-34/h5-8,13-16,18-19,25,29H,9-12,35H2,1-4H3,(H,37,38)/t18-,19+,25+,29-/m0/s1. The van der Waals surface area contributed by atoms with E-state index >= 15 is 8.78 Å². The zero-order valence-electron chi connectivity index (χ0n) is 25.0. The SMILES string of the molecule is C[C@H]1C[C@@H](c2ccncc2Nc2ncc3ccc(-c4c(F)cc(C(C)(C)C#N)cc4F)nn23)C[C@@H](N)[C@H]1OCCS(C)(=O)=O. The zero-order chi connectivity index (χ0) is 31.8. The van der Waals surface area contributed by atoms with Crippen molar-refractivity contribution in [3.05, 3.63) is 71.7 Å². The first-order valence-electron chi connectivity index (χ1n) is 14.3. The van der Waals surface area contributed by atoms with E-state index in [1.54, 1.807) is 38.5 Å². The van der Waals surface area contributed by atoms with Crippen LogP contribution in [0.5, 0.6) is 0 Å². The number of nitrogens with one attached hydrogen (secondary N) is 1. The summed E-state index contributed by atoms with van der Waals surface area (Å²) in [5.41, 5.74) is 7.73. The molecule has 1 aliphatic rings. The van der Waals surface area contributed by atoms with Gasteiger partial charge in [0.05, 0.1) is 64.8 Å². The van der Waals surface area contributed by atoms with Gasteiger partial charge < -0.3 is 15.8 Å². The number of hydrogen-bond donors (Lipinski definition) is 2. The molecule has 1 aromatic carbocycles. The van der Waals surface area contributed by atoms with Crippen LogP contribution in [-0.2, 0) is 20.0 Å². The van der Waals surface area contributed by atoms with Gasteiger partial charge in [-0.25, -0.2) is 22.2 Å². The fraction of sp³-hybridized carbons (Fsp3) is 0.419. The van der Waals surface area contributed by atoms with Gasteiger partial charge in [-0.2, -0.15) is 14.9 Å². The summed E-state index contributed by atoms with van der Waals surface area (Å²) in [6, 6.07) is 9.21. The number of halogens is 2. The van der Waals surface area contributed by atoms with Gasteiger partial charge in [-0.1, -0.05) is 6.92 Å². The Balaban J connectivity index is 1.40. The van der Waals surface area contributed by atoms with Crippen molar-refractivity contribution in [1.82, 2.24) is 19.6 Å². The Labute approximate surface area is 255 Å². The molecule has 5 rings (SSSR count). The van der Waals surface area contributed by atoms with Gasteiger partial charge >= 0.3 is 0 Å². The summed E-state index contributed by atoms with van der Waals surface area (Å²) in [5.74, 6) is -1.22. The number of aromatic nitrogens is 4. The molecule has 0 bridgehead atoms. The number of imidazole rings is 1. The van der Waals surface area contributed by atoms with Gasteiger partial charge in [0.15, 0.2) is 0 Å². The monoisotopic (exact) mass is 623 g/mol. The van der Waals surface area contributed by atoms with Crippen molar-refractivity contribution in [3.8, 4) is 17.3 Å². The highest BCUT2D eigenvalue weighted by molar-refractivity contribution is 7.90. The molecule has 44 heavy (non-hydrogen) atoms. The van der Waals surface area contributed by atoms with Crippen LogP contribution in [0.25, 0.3) is 16.8 Å². The van der Waals surface area contributed by atoms with Gasteiger partial charge in [0.1, 0.15) is 21.5 Å². The fourth-order valence-electron chi connectivity index (χ4n) is 5.77. The Hall–Kier alpha value is -3.99. The van der Waals surface area contributed by atoms with Gasteiger partial charge in [0, 0.05) is 18.5 Å². The van der Waals surface area contributed by atoms with Gasteiger partial charge in [-0.15, -0.1) is 0 Å². The average Bonchev–Trinajstić information content (AvgIpc) is 3.35. The third-order valence-electron chi connectivity index (χ3n) is 8.18. The maximum absolute atomic E-state index is 15.2. The predicted molar refractivity (Wildman–Crippen MR) is 163 cm³/mol. The minimum Gasteiger partial charge on any atom is -0.375 e. The van der Waals surface area contributed by atoms with Gasteiger partial charge in [0.2, 0.25) is 5.95 Å². The molecule has 3 heterocycles. The van der Waals surface area contributed by atoms with Gasteiger partial charge in [0.25, 0.3) is 0 Å². The van der Waals surface area contributed by atoms with Crippen LogP contribution >= 0.6 is 0 Å². The smallest absolute Gasteiger partial charge is 0.229 e. The van der Waals surface area contributed by atoms with Crippen molar-refractivity contribution in [3.63, 3.8) is 0 Å². The predicted octanol–water partition coefficient (Wildman–Crippen LogP) is 4.88. The second-order valence-electron chi connectivity index (χ2n) is 12.1. The number of benzene rings is 1. The van der Waals surface area contributed by atoms with Crippen molar-refractivity contribution in [1.29, 1.82) is 5.26 Å². The Morgan fingerprint density at radius 3 is 2.57 bits per heavy atom. The third-order valence-corrected chi connectivity index (χ3v) is 9.09. The van der Waals surface area contributed by atoms with Gasteiger partial charge in [-0.3, -0.25) is 4.98 Å². The molecule has 0 aliphatic heterocycles. The van der Waals surface area contributed by atoms with Crippen molar-refractivity contribution in [2.24, 2.45) is 11.7 Å². The fourth-order valence-corrected chi connectivity index (χ4v) is 6.17. The number of fused-ring (bicyclic) bond motifs is 1. The van der Waals surface area contributed by atoms with E-state index < -0.39 is 26.9 Å². The average molecular weight is 624 g/mol. The highest BCUT2D eigenvalue weighted by atomic mass is 32.2. The molecule has 4 atom stereocenters. The van der Waals surface area contributed by atoms with Crippen LogP contribution in [0.3, 0.4) is 0 Å². The lowest BCUT2D eigenvalue weighted by molar-refractivity contribution is -0.0152. The summed E-state index contributed by atoms with van der Waals surface area (Å²) >= 11 is 0. The van der Waals surface area contributed by atoms with Crippen LogP contribution < -0.4 is 11.1 Å². The summed E-state index contributed by atoms with van der Waals surface area (Å²) in [7, 11) is -3.13. The molecule has 1 aliphatic carbocycles. The van der Waals surface area contributed by atoms with Crippen LogP contribution in [0.1, 0.15) is 50.7 Å². The Morgan fingerprint density at radius 2 is 1.91 bits per heavy atom. The molecular weight excluding hydrogens is 588 g/mol. The summed E-state index contributed by atoms with van der Waals surface area (Å²) in [5, 5.41) is 17.2. The van der Waals surface area contributed by atoms with Crippen molar-refractivity contribution >= 4 is 27.0 Å². The van der Waals surface area contributed by atoms with Crippen LogP contribution in [0.4, 0.5) is 20.4 Å². The highest BCUT2D eigenvalue weighted by Gasteiger charge is 2.36. The van der Waals surface area contributed by atoms with E-state index in [-0.39, 0.29) is 53.2 Å². The summed E-state index contributed by atoms with van der Waals surface area (Å²) in [6.07, 6.45) is 7.28. The normalized spacial score (nSPS) is 20.9. The molecule has 0 spiro atoms. The highest BCUT2D eigenvalue weighted by Crippen LogP contribution is 2.40. The molecule has 3 aromatic heterocycles. The van der Waals surface area contributed by atoms with Crippen LogP contribution in [0.15, 0.2) is 48.9 Å². The second-order valence-corrected chi connectivity index (χ2v) is 14.3. The van der Waals surface area contributed by atoms with Crippen molar-refractivity contribution < 1.29 is 21.9 Å². The van der Waals surface area contributed by atoms with E-state index in [1.165, 1.54) is 29.0 Å². The number of sulfone groups is 1. The number of nitrogens with two attached hydrogens (primary N) is 1. The molecule has 0 radical (unpaired) electrons. The second kappa shape index (κ2) is 12.2. The molecular formula is C31H35F2N7O3S.